The molecule has 1 unspecified atom stereocenters. The number of rotatable bonds is 7. The van der Waals surface area contributed by atoms with Crippen LogP contribution in [-0.4, -0.2) is 48.9 Å². The molecule has 0 aliphatic carbocycles. The minimum absolute atomic E-state index is 0.0164. The molecule has 0 spiro atoms. The normalized spacial score (nSPS) is 21.3. The SMILES string of the molecule is NCCCNCCCN1CC(Cl)CC1=O. The third kappa shape index (κ3) is 4.82. The van der Waals surface area contributed by atoms with Gasteiger partial charge < -0.3 is 16.0 Å². The lowest BCUT2D eigenvalue weighted by Gasteiger charge is -2.15. The maximum absolute atomic E-state index is 11.4. The van der Waals surface area contributed by atoms with Crippen molar-refractivity contribution in [3.63, 3.8) is 0 Å². The molecule has 0 aromatic heterocycles. The molecule has 1 heterocycles. The maximum atomic E-state index is 11.4. The Labute approximate surface area is 96.1 Å². The first-order chi connectivity index (χ1) is 7.24. The van der Waals surface area contributed by atoms with Gasteiger partial charge in [0, 0.05) is 19.5 Å². The minimum Gasteiger partial charge on any atom is -0.341 e. The minimum atomic E-state index is 0.0164. The molecule has 0 bridgehead atoms. The first kappa shape index (κ1) is 12.7. The van der Waals surface area contributed by atoms with Gasteiger partial charge in [0.25, 0.3) is 0 Å². The molecular formula is C10H20ClN3O. The summed E-state index contributed by atoms with van der Waals surface area (Å²) < 4.78 is 0. The Balaban J connectivity index is 1.98. The maximum Gasteiger partial charge on any atom is 0.224 e. The van der Waals surface area contributed by atoms with Gasteiger partial charge >= 0.3 is 0 Å². The molecule has 1 aliphatic heterocycles. The van der Waals surface area contributed by atoms with Crippen molar-refractivity contribution in [3.8, 4) is 0 Å². The summed E-state index contributed by atoms with van der Waals surface area (Å²) in [6.45, 7) is 4.16. The van der Waals surface area contributed by atoms with Crippen LogP contribution in [0.15, 0.2) is 0 Å². The Bertz CT molecular complexity index is 201. The van der Waals surface area contributed by atoms with Crippen LogP contribution in [0.1, 0.15) is 19.3 Å². The van der Waals surface area contributed by atoms with Gasteiger partial charge in [-0.15, -0.1) is 11.6 Å². The van der Waals surface area contributed by atoms with Crippen LogP contribution < -0.4 is 11.1 Å². The molecule has 4 nitrogen and oxygen atoms in total. The van der Waals surface area contributed by atoms with Gasteiger partial charge in [-0.2, -0.15) is 0 Å². The lowest BCUT2D eigenvalue weighted by atomic mass is 10.3. The molecule has 1 rings (SSSR count). The Morgan fingerprint density at radius 3 is 2.80 bits per heavy atom. The number of carbonyl (C=O) groups excluding carboxylic acids is 1. The van der Waals surface area contributed by atoms with E-state index < -0.39 is 0 Å². The summed E-state index contributed by atoms with van der Waals surface area (Å²) in [6.07, 6.45) is 2.49. The van der Waals surface area contributed by atoms with Crippen LogP contribution in [0.3, 0.4) is 0 Å². The van der Waals surface area contributed by atoms with Crippen molar-refractivity contribution in [2.75, 3.05) is 32.7 Å². The van der Waals surface area contributed by atoms with E-state index >= 15 is 0 Å². The van der Waals surface area contributed by atoms with Crippen molar-refractivity contribution in [2.24, 2.45) is 5.73 Å². The van der Waals surface area contributed by atoms with Gasteiger partial charge in [-0.3, -0.25) is 4.79 Å². The first-order valence-corrected chi connectivity index (χ1v) is 6.00. The predicted octanol–water partition coefficient (Wildman–Crippen LogP) is 0.155. The number of nitrogens with one attached hydrogen (secondary N) is 1. The molecule has 5 heteroatoms. The van der Waals surface area contributed by atoms with Crippen LogP contribution in [-0.2, 0) is 4.79 Å². The second-order valence-electron chi connectivity index (χ2n) is 3.89. The standard InChI is InChI=1S/C10H20ClN3O/c11-9-7-10(15)14(8-9)6-2-5-13-4-1-3-12/h9,13H,1-8,12H2. The van der Waals surface area contributed by atoms with E-state index in [-0.39, 0.29) is 11.3 Å². The molecule has 0 saturated carbocycles. The number of carbonyl (C=O) groups is 1. The second-order valence-corrected chi connectivity index (χ2v) is 4.50. The molecular weight excluding hydrogens is 214 g/mol. The van der Waals surface area contributed by atoms with E-state index in [1.165, 1.54) is 0 Å². The highest BCUT2D eigenvalue weighted by Gasteiger charge is 2.26. The number of halogens is 1. The fourth-order valence-electron chi connectivity index (χ4n) is 1.69. The third-order valence-electron chi connectivity index (χ3n) is 2.51. The van der Waals surface area contributed by atoms with Crippen LogP contribution in [0.5, 0.6) is 0 Å². The fraction of sp³-hybridized carbons (Fsp3) is 0.900. The lowest BCUT2D eigenvalue weighted by Crippen LogP contribution is -2.29. The highest BCUT2D eigenvalue weighted by molar-refractivity contribution is 6.22. The van der Waals surface area contributed by atoms with Gasteiger partial charge in [-0.1, -0.05) is 0 Å². The number of nitrogens with two attached hydrogens (primary N) is 1. The van der Waals surface area contributed by atoms with Crippen molar-refractivity contribution in [1.29, 1.82) is 0 Å². The summed E-state index contributed by atoms with van der Waals surface area (Å²) in [7, 11) is 0. The highest BCUT2D eigenvalue weighted by atomic mass is 35.5. The second kappa shape index (κ2) is 7.04. The number of amides is 1. The van der Waals surface area contributed by atoms with E-state index in [4.69, 9.17) is 17.3 Å². The van der Waals surface area contributed by atoms with Crippen molar-refractivity contribution in [2.45, 2.75) is 24.6 Å². The molecule has 0 radical (unpaired) electrons. The Morgan fingerprint density at radius 2 is 2.20 bits per heavy atom. The molecule has 88 valence electrons. The van der Waals surface area contributed by atoms with E-state index in [9.17, 15) is 4.79 Å². The van der Waals surface area contributed by atoms with E-state index in [2.05, 4.69) is 5.32 Å². The molecule has 1 aliphatic rings. The van der Waals surface area contributed by atoms with Gasteiger partial charge in [0.05, 0.1) is 5.38 Å². The van der Waals surface area contributed by atoms with E-state index in [0.29, 0.717) is 13.0 Å². The molecule has 1 saturated heterocycles. The molecule has 0 aromatic carbocycles. The van der Waals surface area contributed by atoms with Crippen LogP contribution >= 0.6 is 11.6 Å². The monoisotopic (exact) mass is 233 g/mol. The van der Waals surface area contributed by atoms with E-state index in [1.807, 2.05) is 4.90 Å². The summed E-state index contributed by atoms with van der Waals surface area (Å²) in [5.41, 5.74) is 5.37. The van der Waals surface area contributed by atoms with E-state index in [1.54, 1.807) is 0 Å². The number of hydrogen-bond acceptors (Lipinski definition) is 3. The molecule has 1 fully saturated rings. The van der Waals surface area contributed by atoms with Crippen LogP contribution in [0, 0.1) is 0 Å². The third-order valence-corrected chi connectivity index (χ3v) is 2.80. The van der Waals surface area contributed by atoms with Crippen molar-refractivity contribution in [1.82, 2.24) is 10.2 Å². The van der Waals surface area contributed by atoms with Crippen LogP contribution in [0.4, 0.5) is 0 Å². The number of hydrogen-bond donors (Lipinski definition) is 2. The zero-order valence-electron chi connectivity index (χ0n) is 9.04. The highest BCUT2D eigenvalue weighted by Crippen LogP contribution is 2.15. The summed E-state index contributed by atoms with van der Waals surface area (Å²) in [5.74, 6) is 0.192. The van der Waals surface area contributed by atoms with Crippen molar-refractivity contribution < 1.29 is 4.79 Å². The Hall–Kier alpha value is -0.320. The van der Waals surface area contributed by atoms with Gasteiger partial charge in [-0.05, 0) is 32.5 Å². The number of likely N-dealkylation sites (tertiary alicyclic amines) is 1. The molecule has 3 N–H and O–H groups in total. The van der Waals surface area contributed by atoms with Gasteiger partial charge in [0.1, 0.15) is 0 Å². The van der Waals surface area contributed by atoms with Crippen molar-refractivity contribution in [3.05, 3.63) is 0 Å². The van der Waals surface area contributed by atoms with E-state index in [0.717, 1.165) is 39.0 Å². The summed E-state index contributed by atoms with van der Waals surface area (Å²) >= 11 is 5.89. The summed E-state index contributed by atoms with van der Waals surface area (Å²) in [6, 6.07) is 0. The average molecular weight is 234 g/mol. The average Bonchev–Trinajstić information content (AvgIpc) is 2.51. The molecule has 1 atom stereocenters. The summed E-state index contributed by atoms with van der Waals surface area (Å²) in [5, 5.41) is 3.30. The number of alkyl halides is 1. The van der Waals surface area contributed by atoms with Gasteiger partial charge in [-0.25, -0.2) is 0 Å². The largest absolute Gasteiger partial charge is 0.341 e. The topological polar surface area (TPSA) is 58.4 Å². The first-order valence-electron chi connectivity index (χ1n) is 5.56. The van der Waals surface area contributed by atoms with Crippen LogP contribution in [0.2, 0.25) is 0 Å². The smallest absolute Gasteiger partial charge is 0.224 e. The predicted molar refractivity (Wildman–Crippen MR) is 62.0 cm³/mol. The molecule has 0 aromatic rings. The number of nitrogens with zero attached hydrogens (tertiary/aromatic N) is 1. The lowest BCUT2D eigenvalue weighted by molar-refractivity contribution is -0.127. The van der Waals surface area contributed by atoms with Crippen LogP contribution in [0.25, 0.3) is 0 Å². The fourth-order valence-corrected chi connectivity index (χ4v) is 1.99. The van der Waals surface area contributed by atoms with Gasteiger partial charge in [0.2, 0.25) is 5.91 Å². The molecule has 15 heavy (non-hydrogen) atoms. The molecule has 1 amide bonds. The Kier molecular flexibility index (Phi) is 5.98. The van der Waals surface area contributed by atoms with Crippen molar-refractivity contribution >= 4 is 17.5 Å². The quantitative estimate of drug-likeness (QED) is 0.486. The zero-order valence-corrected chi connectivity index (χ0v) is 9.80. The zero-order chi connectivity index (χ0) is 11.1. The summed E-state index contributed by atoms with van der Waals surface area (Å²) in [4.78, 5) is 13.2. The Morgan fingerprint density at radius 1 is 1.47 bits per heavy atom. The van der Waals surface area contributed by atoms with Gasteiger partial charge in [0.15, 0.2) is 0 Å².